The van der Waals surface area contributed by atoms with E-state index in [-0.39, 0.29) is 21.8 Å². The molecule has 30 heavy (non-hydrogen) atoms. The number of hydrogen-bond donors (Lipinski definition) is 2. The molecule has 0 amide bonds. The number of nitriles is 1. The lowest BCUT2D eigenvalue weighted by molar-refractivity contribution is -0.132. The topological polar surface area (TPSA) is 90.2 Å². The summed E-state index contributed by atoms with van der Waals surface area (Å²) in [5.41, 5.74) is 2.20. The maximum atomic E-state index is 12.6. The SMILES string of the molecule is C/C(NC1CC[C@@]2(C)C(=CC[C@@H]3[C@@H]2CC[C@]2(C)C(=O)CC[C@@H]32)C1)=C(\SC#N)C(=O)O. The van der Waals surface area contributed by atoms with Gasteiger partial charge in [0.25, 0.3) is 0 Å². The van der Waals surface area contributed by atoms with Gasteiger partial charge in [-0.3, -0.25) is 4.79 Å². The molecule has 2 N–H and O–H groups in total. The zero-order valence-corrected chi connectivity index (χ0v) is 19.0. The van der Waals surface area contributed by atoms with Gasteiger partial charge in [-0.2, -0.15) is 5.26 Å². The Hall–Kier alpha value is -1.74. The number of thioether (sulfide) groups is 1. The summed E-state index contributed by atoms with van der Waals surface area (Å²) < 4.78 is 0. The molecule has 4 aliphatic rings. The summed E-state index contributed by atoms with van der Waals surface area (Å²) in [7, 11) is 0. The number of nitrogens with zero attached hydrogens (tertiary/aromatic N) is 1. The quantitative estimate of drug-likeness (QED) is 0.372. The normalized spacial score (nSPS) is 40.9. The van der Waals surface area contributed by atoms with Crippen molar-refractivity contribution in [2.75, 3.05) is 0 Å². The largest absolute Gasteiger partial charge is 0.477 e. The molecule has 0 aromatic heterocycles. The van der Waals surface area contributed by atoms with Crippen LogP contribution in [0.25, 0.3) is 0 Å². The van der Waals surface area contributed by atoms with Crippen molar-refractivity contribution in [3.8, 4) is 5.40 Å². The van der Waals surface area contributed by atoms with E-state index in [4.69, 9.17) is 5.26 Å². The summed E-state index contributed by atoms with van der Waals surface area (Å²) in [6, 6.07) is 0.205. The Kier molecular flexibility index (Phi) is 5.55. The molecule has 0 bridgehead atoms. The number of carbonyl (C=O) groups is 2. The summed E-state index contributed by atoms with van der Waals surface area (Å²) in [5.74, 6) is 1.26. The standard InChI is InChI=1S/C24H32N2O3S/c1-14(21(22(28)29)30-13-25)26-16-8-10-23(2)15(12-16)4-5-17-18-6-7-20(27)24(18,3)11-9-19(17)23/h4,16-19,26H,5-12H2,1-3H3,(H,28,29)/b21-14+/t16?,17-,18-,19-,23-,24-/m0/s1. The van der Waals surface area contributed by atoms with Crippen molar-refractivity contribution < 1.29 is 14.7 Å². The number of aliphatic carboxylic acids is 1. The van der Waals surface area contributed by atoms with Crippen LogP contribution in [-0.4, -0.2) is 22.9 Å². The minimum atomic E-state index is -1.05. The number of allylic oxidation sites excluding steroid dienone is 2. The molecule has 0 saturated heterocycles. The third-order valence-electron chi connectivity index (χ3n) is 8.92. The van der Waals surface area contributed by atoms with Crippen LogP contribution in [0.3, 0.4) is 0 Å². The van der Waals surface area contributed by atoms with E-state index < -0.39 is 5.97 Å². The smallest absolute Gasteiger partial charge is 0.345 e. The van der Waals surface area contributed by atoms with Crippen LogP contribution >= 0.6 is 11.8 Å². The first kappa shape index (κ1) is 21.5. The molecular formula is C24H32N2O3S. The van der Waals surface area contributed by atoms with Crippen LogP contribution in [0.5, 0.6) is 0 Å². The number of fused-ring (bicyclic) bond motifs is 5. The van der Waals surface area contributed by atoms with E-state index in [1.54, 1.807) is 6.92 Å². The second-order valence-corrected chi connectivity index (χ2v) is 11.0. The number of rotatable bonds is 4. The highest BCUT2D eigenvalue weighted by Crippen LogP contribution is 2.63. The second kappa shape index (κ2) is 7.75. The zero-order valence-electron chi connectivity index (χ0n) is 18.2. The van der Waals surface area contributed by atoms with E-state index in [1.165, 1.54) is 5.57 Å². The van der Waals surface area contributed by atoms with Gasteiger partial charge in [0.05, 0.1) is 0 Å². The highest BCUT2D eigenvalue weighted by atomic mass is 32.2. The molecule has 5 nitrogen and oxygen atoms in total. The van der Waals surface area contributed by atoms with Crippen molar-refractivity contribution >= 4 is 23.5 Å². The number of carboxylic acids is 1. The van der Waals surface area contributed by atoms with Crippen LogP contribution in [0.15, 0.2) is 22.3 Å². The van der Waals surface area contributed by atoms with E-state index in [0.29, 0.717) is 41.0 Å². The van der Waals surface area contributed by atoms with Crippen molar-refractivity contribution in [3.63, 3.8) is 0 Å². The number of ketones is 1. The molecule has 4 aliphatic carbocycles. The minimum absolute atomic E-state index is 0.0842. The Bertz CT molecular complexity index is 872. The lowest BCUT2D eigenvalue weighted by Crippen LogP contribution is -2.51. The van der Waals surface area contributed by atoms with Crippen molar-refractivity contribution in [1.29, 1.82) is 5.26 Å². The average molecular weight is 429 g/mol. The fourth-order valence-corrected chi connectivity index (χ4v) is 7.64. The molecule has 6 atom stereocenters. The molecule has 0 aliphatic heterocycles. The first-order valence-electron chi connectivity index (χ1n) is 11.2. The van der Waals surface area contributed by atoms with Gasteiger partial charge in [-0.05, 0) is 86.8 Å². The summed E-state index contributed by atoms with van der Waals surface area (Å²) in [6.45, 7) is 6.41. The van der Waals surface area contributed by atoms with Crippen LogP contribution in [0.2, 0.25) is 0 Å². The van der Waals surface area contributed by atoms with Crippen LogP contribution in [0.1, 0.15) is 72.1 Å². The fourth-order valence-electron chi connectivity index (χ4n) is 7.25. The lowest BCUT2D eigenvalue weighted by atomic mass is 9.48. The number of thiocyanates is 1. The van der Waals surface area contributed by atoms with Crippen molar-refractivity contribution in [2.45, 2.75) is 78.2 Å². The summed E-state index contributed by atoms with van der Waals surface area (Å²) in [6.07, 6.45) is 10.6. The van der Waals surface area contributed by atoms with Crippen molar-refractivity contribution in [1.82, 2.24) is 5.32 Å². The zero-order chi connectivity index (χ0) is 21.7. The van der Waals surface area contributed by atoms with Crippen LogP contribution < -0.4 is 5.32 Å². The van der Waals surface area contributed by atoms with Crippen LogP contribution in [0, 0.1) is 39.2 Å². The average Bonchev–Trinajstić information content (AvgIpc) is 3.01. The third-order valence-corrected chi connectivity index (χ3v) is 9.69. The van der Waals surface area contributed by atoms with Crippen molar-refractivity contribution in [3.05, 3.63) is 22.3 Å². The van der Waals surface area contributed by atoms with Gasteiger partial charge in [0.1, 0.15) is 16.1 Å². The molecule has 0 spiro atoms. The number of carbonyl (C=O) groups excluding carboxylic acids is 1. The fraction of sp³-hybridized carbons (Fsp3) is 0.708. The molecular weight excluding hydrogens is 396 g/mol. The molecule has 4 rings (SSSR count). The highest BCUT2D eigenvalue weighted by Gasteiger charge is 2.58. The Morgan fingerprint density at radius 3 is 2.63 bits per heavy atom. The maximum Gasteiger partial charge on any atom is 0.345 e. The van der Waals surface area contributed by atoms with Crippen molar-refractivity contribution in [2.24, 2.45) is 28.6 Å². The van der Waals surface area contributed by atoms with Gasteiger partial charge in [-0.15, -0.1) is 0 Å². The van der Waals surface area contributed by atoms with Gasteiger partial charge in [0.15, 0.2) is 0 Å². The van der Waals surface area contributed by atoms with Gasteiger partial charge in [0, 0.05) is 23.6 Å². The van der Waals surface area contributed by atoms with E-state index in [9.17, 15) is 14.7 Å². The minimum Gasteiger partial charge on any atom is -0.477 e. The van der Waals surface area contributed by atoms with E-state index in [1.807, 2.05) is 5.40 Å². The molecule has 3 fully saturated rings. The Labute approximate surface area is 183 Å². The molecule has 0 aromatic rings. The van der Waals surface area contributed by atoms with Gasteiger partial charge in [-0.25, -0.2) is 4.79 Å². The van der Waals surface area contributed by atoms with E-state index >= 15 is 0 Å². The van der Waals surface area contributed by atoms with E-state index in [0.717, 1.165) is 51.4 Å². The number of carboxylic acid groups (broad SMARTS) is 1. The molecule has 162 valence electrons. The Morgan fingerprint density at radius 1 is 1.23 bits per heavy atom. The maximum absolute atomic E-state index is 12.6. The molecule has 1 unspecified atom stereocenters. The molecule has 0 heterocycles. The molecule has 3 saturated carbocycles. The van der Waals surface area contributed by atoms with E-state index in [2.05, 4.69) is 25.2 Å². The predicted molar refractivity (Wildman–Crippen MR) is 117 cm³/mol. The van der Waals surface area contributed by atoms with Gasteiger partial charge < -0.3 is 10.4 Å². The first-order valence-corrected chi connectivity index (χ1v) is 12.0. The Balaban J connectivity index is 1.52. The molecule has 6 heteroatoms. The first-order chi connectivity index (χ1) is 14.2. The number of Topliss-reactive ketones (excluding diaryl/α,β-unsaturated/α-hetero) is 1. The summed E-state index contributed by atoms with van der Waals surface area (Å²) in [4.78, 5) is 24.1. The molecule has 0 radical (unpaired) electrons. The van der Waals surface area contributed by atoms with Crippen LogP contribution in [0.4, 0.5) is 0 Å². The second-order valence-electron chi connectivity index (χ2n) is 10.2. The Morgan fingerprint density at radius 2 is 1.93 bits per heavy atom. The van der Waals surface area contributed by atoms with Gasteiger partial charge in [-0.1, -0.05) is 25.5 Å². The summed E-state index contributed by atoms with van der Waals surface area (Å²) >= 11 is 0.708. The summed E-state index contributed by atoms with van der Waals surface area (Å²) in [5, 5.41) is 23.5. The predicted octanol–water partition coefficient (Wildman–Crippen LogP) is 5.01. The third kappa shape index (κ3) is 3.30. The van der Waals surface area contributed by atoms with Crippen LogP contribution in [-0.2, 0) is 9.59 Å². The number of hydrogen-bond acceptors (Lipinski definition) is 5. The number of nitrogens with one attached hydrogen (secondary N) is 1. The lowest BCUT2D eigenvalue weighted by Gasteiger charge is -2.57. The van der Waals surface area contributed by atoms with Gasteiger partial charge in [0.2, 0.25) is 0 Å². The highest BCUT2D eigenvalue weighted by molar-refractivity contribution is 8.08. The molecule has 0 aromatic carbocycles. The monoisotopic (exact) mass is 428 g/mol. The van der Waals surface area contributed by atoms with Gasteiger partial charge >= 0.3 is 5.97 Å².